The summed E-state index contributed by atoms with van der Waals surface area (Å²) in [7, 11) is 0. The molecule has 0 unspecified atom stereocenters. The van der Waals surface area contributed by atoms with E-state index in [1.165, 1.54) is 13.8 Å². The van der Waals surface area contributed by atoms with E-state index in [1.807, 2.05) is 0 Å². The van der Waals surface area contributed by atoms with Crippen molar-refractivity contribution in [2.75, 3.05) is 0 Å². The summed E-state index contributed by atoms with van der Waals surface area (Å²) in [6, 6.07) is 0. The zero-order valence-electron chi connectivity index (χ0n) is 12.4. The van der Waals surface area contributed by atoms with Gasteiger partial charge < -0.3 is 14.9 Å². The molecular formula is C13H21NO6. The summed E-state index contributed by atoms with van der Waals surface area (Å²) >= 11 is 0. The van der Waals surface area contributed by atoms with Crippen molar-refractivity contribution >= 4 is 18.0 Å². The second kappa shape index (κ2) is 4.64. The third kappa shape index (κ3) is 2.57. The number of aliphatic carboxylic acids is 2. The minimum Gasteiger partial charge on any atom is -0.480 e. The molecule has 1 heterocycles. The Bertz CT molecular complexity index is 426. The van der Waals surface area contributed by atoms with Gasteiger partial charge in [0.2, 0.25) is 0 Å². The van der Waals surface area contributed by atoms with E-state index in [0.717, 1.165) is 4.90 Å². The number of nitrogens with zero attached hydrogens (tertiary/aromatic N) is 1. The fourth-order valence-electron chi connectivity index (χ4n) is 2.37. The lowest BCUT2D eigenvalue weighted by Crippen LogP contribution is -2.61. The number of carbonyl (C=O) groups is 3. The number of likely N-dealkylation sites (tertiary alicyclic amines) is 1. The highest BCUT2D eigenvalue weighted by molar-refractivity contribution is 5.92. The fraction of sp³-hybridized carbons (Fsp3) is 0.769. The van der Waals surface area contributed by atoms with Crippen LogP contribution in [0.4, 0.5) is 4.79 Å². The highest BCUT2D eigenvalue weighted by atomic mass is 16.6. The second-order valence-electron chi connectivity index (χ2n) is 6.47. The molecule has 0 saturated carbocycles. The van der Waals surface area contributed by atoms with Crippen molar-refractivity contribution in [3.05, 3.63) is 0 Å². The molecular weight excluding hydrogens is 266 g/mol. The van der Waals surface area contributed by atoms with Gasteiger partial charge in [-0.1, -0.05) is 0 Å². The standard InChI is InChI=1S/C13H21NO6/c1-11(2,3)20-10(19)14-12(4,8(15)16)6-7-13(14,5)9(17)18/h6-7H2,1-5H3,(H,15,16)(H,17,18)/t12-,13+. The van der Waals surface area contributed by atoms with Gasteiger partial charge in [-0.05, 0) is 47.5 Å². The number of carboxylic acid groups (broad SMARTS) is 2. The SMILES string of the molecule is CC(C)(C)OC(=O)N1[C@](C)(C(=O)O)CC[C@]1(C)C(=O)O. The number of ether oxygens (including phenoxy) is 1. The molecule has 0 spiro atoms. The third-order valence-electron chi connectivity index (χ3n) is 3.58. The summed E-state index contributed by atoms with van der Waals surface area (Å²) in [6.45, 7) is 7.59. The van der Waals surface area contributed by atoms with E-state index in [1.54, 1.807) is 20.8 Å². The molecule has 1 aliphatic heterocycles. The van der Waals surface area contributed by atoms with Crippen LogP contribution in [0, 0.1) is 0 Å². The van der Waals surface area contributed by atoms with Crippen molar-refractivity contribution in [2.24, 2.45) is 0 Å². The first-order valence-corrected chi connectivity index (χ1v) is 6.35. The predicted octanol–water partition coefficient (Wildman–Crippen LogP) is 1.70. The minimum atomic E-state index is -1.59. The lowest BCUT2D eigenvalue weighted by Gasteiger charge is -2.39. The van der Waals surface area contributed by atoms with E-state index in [-0.39, 0.29) is 12.8 Å². The van der Waals surface area contributed by atoms with Crippen LogP contribution in [0.3, 0.4) is 0 Å². The van der Waals surface area contributed by atoms with Crippen molar-refractivity contribution in [3.8, 4) is 0 Å². The van der Waals surface area contributed by atoms with Crippen LogP contribution >= 0.6 is 0 Å². The van der Waals surface area contributed by atoms with Gasteiger partial charge in [0.05, 0.1) is 0 Å². The quantitative estimate of drug-likeness (QED) is 0.801. The molecule has 2 N–H and O–H groups in total. The molecule has 7 heteroatoms. The Balaban J connectivity index is 3.26. The molecule has 0 bridgehead atoms. The summed E-state index contributed by atoms with van der Waals surface area (Å²) in [5.74, 6) is -2.48. The molecule has 0 aromatic rings. The van der Waals surface area contributed by atoms with Crippen LogP contribution in [-0.4, -0.2) is 49.8 Å². The summed E-state index contributed by atoms with van der Waals surface area (Å²) in [6.07, 6.45) is -0.806. The fourth-order valence-corrected chi connectivity index (χ4v) is 2.37. The number of hydrogen-bond donors (Lipinski definition) is 2. The average molecular weight is 287 g/mol. The van der Waals surface area contributed by atoms with Gasteiger partial charge in [-0.25, -0.2) is 14.4 Å². The lowest BCUT2D eigenvalue weighted by atomic mass is 9.98. The third-order valence-corrected chi connectivity index (χ3v) is 3.58. The maximum atomic E-state index is 12.3. The number of amides is 1. The van der Waals surface area contributed by atoms with Gasteiger partial charge in [0.1, 0.15) is 16.7 Å². The Morgan fingerprint density at radius 1 is 1.00 bits per heavy atom. The summed E-state index contributed by atoms with van der Waals surface area (Å²) in [4.78, 5) is 36.1. The molecule has 0 aliphatic carbocycles. The summed E-state index contributed by atoms with van der Waals surface area (Å²) in [5, 5.41) is 18.7. The van der Waals surface area contributed by atoms with Crippen LogP contribution in [0.2, 0.25) is 0 Å². The number of carboxylic acids is 2. The van der Waals surface area contributed by atoms with Crippen LogP contribution in [0.25, 0.3) is 0 Å². The van der Waals surface area contributed by atoms with Crippen LogP contribution in [0.1, 0.15) is 47.5 Å². The topological polar surface area (TPSA) is 104 Å². The van der Waals surface area contributed by atoms with E-state index in [2.05, 4.69) is 0 Å². The van der Waals surface area contributed by atoms with Crippen LogP contribution in [0.5, 0.6) is 0 Å². The molecule has 0 radical (unpaired) electrons. The molecule has 7 nitrogen and oxygen atoms in total. The molecule has 20 heavy (non-hydrogen) atoms. The zero-order chi connectivity index (χ0) is 15.9. The molecule has 1 fully saturated rings. The van der Waals surface area contributed by atoms with Gasteiger partial charge in [0.25, 0.3) is 0 Å². The van der Waals surface area contributed by atoms with Crippen molar-refractivity contribution in [1.82, 2.24) is 4.90 Å². The number of carbonyl (C=O) groups excluding carboxylic acids is 1. The molecule has 1 saturated heterocycles. The molecule has 1 amide bonds. The highest BCUT2D eigenvalue weighted by Crippen LogP contribution is 2.42. The minimum absolute atomic E-state index is 0.0599. The normalized spacial score (nSPS) is 30.1. The Morgan fingerprint density at radius 3 is 1.60 bits per heavy atom. The van der Waals surface area contributed by atoms with Crippen molar-refractivity contribution < 1.29 is 29.3 Å². The van der Waals surface area contributed by atoms with Crippen LogP contribution in [0.15, 0.2) is 0 Å². The van der Waals surface area contributed by atoms with E-state index in [9.17, 15) is 24.6 Å². The van der Waals surface area contributed by atoms with Crippen molar-refractivity contribution in [2.45, 2.75) is 64.1 Å². The lowest BCUT2D eigenvalue weighted by molar-refractivity contribution is -0.157. The van der Waals surface area contributed by atoms with Gasteiger partial charge in [-0.3, -0.25) is 4.90 Å². The molecule has 114 valence electrons. The van der Waals surface area contributed by atoms with E-state index >= 15 is 0 Å². The molecule has 1 aliphatic rings. The van der Waals surface area contributed by atoms with Crippen molar-refractivity contribution in [1.29, 1.82) is 0 Å². The van der Waals surface area contributed by atoms with E-state index in [4.69, 9.17) is 4.74 Å². The van der Waals surface area contributed by atoms with Gasteiger partial charge in [-0.15, -0.1) is 0 Å². The smallest absolute Gasteiger partial charge is 0.412 e. The predicted molar refractivity (Wildman–Crippen MR) is 69.4 cm³/mol. The first-order valence-electron chi connectivity index (χ1n) is 6.35. The number of rotatable bonds is 2. The monoisotopic (exact) mass is 287 g/mol. The van der Waals surface area contributed by atoms with Gasteiger partial charge >= 0.3 is 18.0 Å². The molecule has 0 aromatic carbocycles. The van der Waals surface area contributed by atoms with Gasteiger partial charge in [0.15, 0.2) is 0 Å². The van der Waals surface area contributed by atoms with E-state index < -0.39 is 34.7 Å². The average Bonchev–Trinajstić information content (AvgIpc) is 2.51. The second-order valence-corrected chi connectivity index (χ2v) is 6.47. The summed E-state index contributed by atoms with van der Waals surface area (Å²) < 4.78 is 5.17. The van der Waals surface area contributed by atoms with Gasteiger partial charge in [0, 0.05) is 0 Å². The van der Waals surface area contributed by atoms with Crippen molar-refractivity contribution in [3.63, 3.8) is 0 Å². The molecule has 1 rings (SSSR count). The molecule has 2 atom stereocenters. The Morgan fingerprint density at radius 2 is 1.35 bits per heavy atom. The maximum Gasteiger partial charge on any atom is 0.412 e. The Labute approximate surface area is 117 Å². The first kappa shape index (κ1) is 16.3. The number of hydrogen-bond acceptors (Lipinski definition) is 4. The first-order chi connectivity index (χ1) is 8.84. The molecule has 0 aromatic heterocycles. The summed E-state index contributed by atoms with van der Waals surface area (Å²) in [5.41, 5.74) is -4.01. The zero-order valence-corrected chi connectivity index (χ0v) is 12.4. The van der Waals surface area contributed by atoms with E-state index in [0.29, 0.717) is 0 Å². The Hall–Kier alpha value is -1.79. The maximum absolute atomic E-state index is 12.3. The highest BCUT2D eigenvalue weighted by Gasteiger charge is 2.61. The van der Waals surface area contributed by atoms with Gasteiger partial charge in [-0.2, -0.15) is 0 Å². The van der Waals surface area contributed by atoms with Crippen LogP contribution < -0.4 is 0 Å². The van der Waals surface area contributed by atoms with Crippen LogP contribution in [-0.2, 0) is 14.3 Å². The largest absolute Gasteiger partial charge is 0.480 e. The Kier molecular flexibility index (Phi) is 3.78.